The molecule has 4 saturated carbocycles. The zero-order valence-corrected chi connectivity index (χ0v) is 22.5. The number of rotatable bonds is 10. The van der Waals surface area contributed by atoms with Gasteiger partial charge in [0.1, 0.15) is 0 Å². The van der Waals surface area contributed by atoms with Gasteiger partial charge >= 0.3 is 0 Å². The van der Waals surface area contributed by atoms with Gasteiger partial charge in [0, 0.05) is 13.2 Å². The summed E-state index contributed by atoms with van der Waals surface area (Å²) in [6.07, 6.45) is 22.1. The van der Waals surface area contributed by atoms with Crippen LogP contribution in [0, 0.1) is 52.3 Å². The number of ether oxygens (including phenoxy) is 1. The molecule has 1 heteroatoms. The molecular formula is C31H56O. The highest BCUT2D eigenvalue weighted by atomic mass is 16.5. The molecule has 4 fully saturated rings. The lowest BCUT2D eigenvalue weighted by Gasteiger charge is -2.61. The van der Waals surface area contributed by atoms with E-state index in [9.17, 15) is 0 Å². The monoisotopic (exact) mass is 444 g/mol. The fourth-order valence-corrected chi connectivity index (χ4v) is 9.87. The second kappa shape index (κ2) is 10.7. The zero-order chi connectivity index (χ0) is 22.8. The SMILES string of the molecule is CCCCOCC(C)CCC[C@@H](C)[C@H]1CC[C@H]2[C@@H]3CCC4CCCC[C@]4(C)[C@H]3CC[C@]12C. The molecule has 0 saturated heterocycles. The van der Waals surface area contributed by atoms with Crippen LogP contribution in [0.4, 0.5) is 0 Å². The van der Waals surface area contributed by atoms with Crippen molar-refractivity contribution in [3.05, 3.63) is 0 Å². The van der Waals surface area contributed by atoms with Gasteiger partial charge in [-0.1, -0.05) is 66.7 Å². The second-order valence-corrected chi connectivity index (χ2v) is 13.6. The van der Waals surface area contributed by atoms with Gasteiger partial charge in [0.15, 0.2) is 0 Å². The molecule has 0 aromatic carbocycles. The van der Waals surface area contributed by atoms with Gasteiger partial charge in [0.25, 0.3) is 0 Å². The quantitative estimate of drug-likeness (QED) is 0.305. The van der Waals surface area contributed by atoms with E-state index >= 15 is 0 Å². The summed E-state index contributed by atoms with van der Waals surface area (Å²) in [6.45, 7) is 14.7. The topological polar surface area (TPSA) is 9.23 Å². The lowest BCUT2D eigenvalue weighted by Crippen LogP contribution is -2.53. The van der Waals surface area contributed by atoms with Gasteiger partial charge < -0.3 is 4.74 Å². The molecule has 0 radical (unpaired) electrons. The van der Waals surface area contributed by atoms with Crippen LogP contribution in [-0.2, 0) is 4.74 Å². The van der Waals surface area contributed by atoms with E-state index in [4.69, 9.17) is 4.74 Å². The molecule has 0 aliphatic heterocycles. The predicted molar refractivity (Wildman–Crippen MR) is 138 cm³/mol. The van der Waals surface area contributed by atoms with E-state index in [0.29, 0.717) is 10.8 Å². The van der Waals surface area contributed by atoms with Gasteiger partial charge in [-0.05, 0) is 116 Å². The highest BCUT2D eigenvalue weighted by molar-refractivity contribution is 5.09. The van der Waals surface area contributed by atoms with E-state index in [1.807, 2.05) is 0 Å². The van der Waals surface area contributed by atoms with Crippen LogP contribution in [0.2, 0.25) is 0 Å². The Labute approximate surface area is 201 Å². The van der Waals surface area contributed by atoms with Crippen molar-refractivity contribution in [1.82, 2.24) is 0 Å². The molecule has 0 spiro atoms. The highest BCUT2D eigenvalue weighted by Crippen LogP contribution is 2.68. The molecule has 32 heavy (non-hydrogen) atoms. The van der Waals surface area contributed by atoms with Crippen molar-refractivity contribution in [2.75, 3.05) is 13.2 Å². The summed E-state index contributed by atoms with van der Waals surface area (Å²) >= 11 is 0. The van der Waals surface area contributed by atoms with Crippen LogP contribution in [-0.4, -0.2) is 13.2 Å². The van der Waals surface area contributed by atoms with Gasteiger partial charge in [-0.25, -0.2) is 0 Å². The van der Waals surface area contributed by atoms with Crippen LogP contribution in [0.5, 0.6) is 0 Å². The molecule has 1 nitrogen and oxygen atoms in total. The minimum absolute atomic E-state index is 0.646. The minimum atomic E-state index is 0.646. The van der Waals surface area contributed by atoms with Crippen molar-refractivity contribution >= 4 is 0 Å². The summed E-state index contributed by atoms with van der Waals surface area (Å²) in [5.41, 5.74) is 1.34. The Hall–Kier alpha value is -0.0400. The molecule has 0 aromatic rings. The van der Waals surface area contributed by atoms with E-state index in [-0.39, 0.29) is 0 Å². The third-order valence-electron chi connectivity index (χ3n) is 11.7. The average Bonchev–Trinajstić information content (AvgIpc) is 3.13. The van der Waals surface area contributed by atoms with Crippen molar-refractivity contribution < 1.29 is 4.74 Å². The summed E-state index contributed by atoms with van der Waals surface area (Å²) in [5, 5.41) is 0. The van der Waals surface area contributed by atoms with Crippen molar-refractivity contribution in [2.45, 2.75) is 131 Å². The average molecular weight is 445 g/mol. The van der Waals surface area contributed by atoms with Crippen LogP contribution < -0.4 is 0 Å². The summed E-state index contributed by atoms with van der Waals surface area (Å²) in [5.74, 6) is 6.85. The van der Waals surface area contributed by atoms with Crippen molar-refractivity contribution in [1.29, 1.82) is 0 Å². The fraction of sp³-hybridized carbons (Fsp3) is 1.00. The smallest absolute Gasteiger partial charge is 0.0491 e. The van der Waals surface area contributed by atoms with E-state index in [1.54, 1.807) is 38.5 Å². The maximum Gasteiger partial charge on any atom is 0.0491 e. The van der Waals surface area contributed by atoms with E-state index in [0.717, 1.165) is 54.6 Å². The van der Waals surface area contributed by atoms with Crippen molar-refractivity contribution in [3.8, 4) is 0 Å². The van der Waals surface area contributed by atoms with Gasteiger partial charge in [-0.2, -0.15) is 0 Å². The van der Waals surface area contributed by atoms with Gasteiger partial charge in [0.2, 0.25) is 0 Å². The Balaban J connectivity index is 1.30. The maximum atomic E-state index is 5.88. The summed E-state index contributed by atoms with van der Waals surface area (Å²) in [4.78, 5) is 0. The molecule has 9 atom stereocenters. The van der Waals surface area contributed by atoms with Gasteiger partial charge in [-0.15, -0.1) is 0 Å². The minimum Gasteiger partial charge on any atom is -0.381 e. The van der Waals surface area contributed by atoms with Crippen LogP contribution in [0.3, 0.4) is 0 Å². The molecule has 0 bridgehead atoms. The Morgan fingerprint density at radius 1 is 0.812 bits per heavy atom. The zero-order valence-electron chi connectivity index (χ0n) is 22.5. The van der Waals surface area contributed by atoms with Gasteiger partial charge in [0.05, 0.1) is 0 Å². The number of hydrogen-bond donors (Lipinski definition) is 0. The van der Waals surface area contributed by atoms with E-state index < -0.39 is 0 Å². The first-order valence-corrected chi connectivity index (χ1v) is 15.0. The summed E-state index contributed by atoms with van der Waals surface area (Å²) in [7, 11) is 0. The van der Waals surface area contributed by atoms with Crippen LogP contribution >= 0.6 is 0 Å². The molecule has 0 amide bonds. The lowest BCUT2D eigenvalue weighted by molar-refractivity contribution is -0.114. The Kier molecular flexibility index (Phi) is 8.38. The first-order valence-electron chi connectivity index (χ1n) is 15.0. The van der Waals surface area contributed by atoms with Gasteiger partial charge in [-0.3, -0.25) is 0 Å². The summed E-state index contributed by atoms with van der Waals surface area (Å²) < 4.78 is 5.88. The molecule has 0 N–H and O–H groups in total. The molecule has 0 heterocycles. The first kappa shape index (κ1) is 25.1. The largest absolute Gasteiger partial charge is 0.381 e. The van der Waals surface area contributed by atoms with Crippen LogP contribution in [0.1, 0.15) is 131 Å². The normalized spacial score (nSPS) is 43.2. The number of unbranched alkanes of at least 4 members (excludes halogenated alkanes) is 1. The standard InChI is InChI=1S/C31H56O/c1-6-7-21-32-22-23(2)11-10-12-24(3)27-16-17-28-26-15-14-25-13-8-9-19-30(25,4)29(26)18-20-31(27,28)5/h23-29H,6-22H2,1-5H3/t23?,24-,25?,26+,27-,28+,29+,30+,31-/m1/s1. The van der Waals surface area contributed by atoms with Crippen LogP contribution in [0.25, 0.3) is 0 Å². The third kappa shape index (κ3) is 4.85. The third-order valence-corrected chi connectivity index (χ3v) is 11.7. The molecule has 0 aromatic heterocycles. The van der Waals surface area contributed by atoms with Crippen LogP contribution in [0.15, 0.2) is 0 Å². The Bertz CT molecular complexity index is 585. The number of hydrogen-bond acceptors (Lipinski definition) is 1. The number of fused-ring (bicyclic) bond motifs is 5. The first-order chi connectivity index (χ1) is 15.4. The molecule has 2 unspecified atom stereocenters. The van der Waals surface area contributed by atoms with E-state index in [1.165, 1.54) is 57.8 Å². The molecule has 4 rings (SSSR count). The Morgan fingerprint density at radius 3 is 2.44 bits per heavy atom. The molecular weight excluding hydrogens is 388 g/mol. The van der Waals surface area contributed by atoms with Crippen molar-refractivity contribution in [3.63, 3.8) is 0 Å². The van der Waals surface area contributed by atoms with E-state index in [2.05, 4.69) is 34.6 Å². The lowest BCUT2D eigenvalue weighted by atomic mass is 9.44. The molecule has 4 aliphatic rings. The molecule has 4 aliphatic carbocycles. The molecule has 186 valence electrons. The Morgan fingerprint density at radius 2 is 1.62 bits per heavy atom. The predicted octanol–water partition coefficient (Wildman–Crippen LogP) is 9.29. The fourth-order valence-electron chi connectivity index (χ4n) is 9.87. The second-order valence-electron chi connectivity index (χ2n) is 13.6. The van der Waals surface area contributed by atoms with Crippen molar-refractivity contribution in [2.24, 2.45) is 52.3 Å². The highest BCUT2D eigenvalue weighted by Gasteiger charge is 2.60. The maximum absolute atomic E-state index is 5.88. The summed E-state index contributed by atoms with van der Waals surface area (Å²) in [6, 6.07) is 0.